The van der Waals surface area contributed by atoms with Gasteiger partial charge in [0.2, 0.25) is 5.88 Å². The number of anilines is 1. The maximum atomic E-state index is 5.58. The van der Waals surface area contributed by atoms with Crippen molar-refractivity contribution >= 4 is 17.2 Å². The van der Waals surface area contributed by atoms with E-state index in [1.807, 2.05) is 6.92 Å². The minimum atomic E-state index is 0.445. The van der Waals surface area contributed by atoms with Gasteiger partial charge in [-0.2, -0.15) is 0 Å². The predicted molar refractivity (Wildman–Crippen MR) is 62.0 cm³/mol. The van der Waals surface area contributed by atoms with Gasteiger partial charge in [0.1, 0.15) is 0 Å². The number of aromatic nitrogens is 1. The highest BCUT2D eigenvalue weighted by Gasteiger charge is 2.08. The van der Waals surface area contributed by atoms with Crippen LogP contribution in [0.1, 0.15) is 22.6 Å². The SMILES string of the molecule is Cc1c(CCCc2cccs2)noc1N. The van der Waals surface area contributed by atoms with Gasteiger partial charge in [0.15, 0.2) is 0 Å². The van der Waals surface area contributed by atoms with Gasteiger partial charge in [-0.1, -0.05) is 11.2 Å². The summed E-state index contributed by atoms with van der Waals surface area (Å²) in [6, 6.07) is 4.24. The molecular weight excluding hydrogens is 208 g/mol. The minimum absolute atomic E-state index is 0.445. The van der Waals surface area contributed by atoms with Gasteiger partial charge in [-0.25, -0.2) is 0 Å². The van der Waals surface area contributed by atoms with Crippen LogP contribution in [-0.2, 0) is 12.8 Å². The van der Waals surface area contributed by atoms with Crippen LogP contribution in [0.2, 0.25) is 0 Å². The van der Waals surface area contributed by atoms with E-state index in [-0.39, 0.29) is 0 Å². The number of thiophene rings is 1. The molecule has 0 aliphatic rings. The molecule has 0 amide bonds. The van der Waals surface area contributed by atoms with Crippen molar-refractivity contribution in [3.63, 3.8) is 0 Å². The fraction of sp³-hybridized carbons (Fsp3) is 0.364. The smallest absolute Gasteiger partial charge is 0.225 e. The van der Waals surface area contributed by atoms with E-state index < -0.39 is 0 Å². The molecule has 2 aromatic heterocycles. The van der Waals surface area contributed by atoms with E-state index in [2.05, 4.69) is 22.7 Å². The molecule has 15 heavy (non-hydrogen) atoms. The van der Waals surface area contributed by atoms with Gasteiger partial charge in [-0.15, -0.1) is 11.3 Å². The van der Waals surface area contributed by atoms with Gasteiger partial charge < -0.3 is 10.3 Å². The van der Waals surface area contributed by atoms with Crippen LogP contribution < -0.4 is 5.73 Å². The Balaban J connectivity index is 1.86. The van der Waals surface area contributed by atoms with Gasteiger partial charge >= 0.3 is 0 Å². The van der Waals surface area contributed by atoms with Crippen LogP contribution in [-0.4, -0.2) is 5.16 Å². The summed E-state index contributed by atoms with van der Waals surface area (Å²) in [5, 5.41) is 6.04. The van der Waals surface area contributed by atoms with Crippen LogP contribution in [0, 0.1) is 6.92 Å². The number of nitrogens with two attached hydrogens (primary N) is 1. The topological polar surface area (TPSA) is 52.0 Å². The fourth-order valence-electron chi connectivity index (χ4n) is 1.50. The molecule has 80 valence electrons. The van der Waals surface area contributed by atoms with E-state index in [1.54, 1.807) is 11.3 Å². The van der Waals surface area contributed by atoms with E-state index in [0.717, 1.165) is 30.5 Å². The maximum Gasteiger partial charge on any atom is 0.225 e. The first-order valence-electron chi connectivity index (χ1n) is 5.00. The number of aryl methyl sites for hydroxylation is 2. The normalized spacial score (nSPS) is 10.7. The highest BCUT2D eigenvalue weighted by Crippen LogP contribution is 2.18. The Labute approximate surface area is 92.9 Å². The first-order valence-corrected chi connectivity index (χ1v) is 5.88. The Kier molecular flexibility index (Phi) is 3.06. The molecule has 0 atom stereocenters. The van der Waals surface area contributed by atoms with Crippen molar-refractivity contribution in [2.45, 2.75) is 26.2 Å². The van der Waals surface area contributed by atoms with Gasteiger partial charge in [-0.3, -0.25) is 0 Å². The largest absolute Gasteiger partial charge is 0.367 e. The van der Waals surface area contributed by atoms with E-state index >= 15 is 0 Å². The van der Waals surface area contributed by atoms with Crippen molar-refractivity contribution in [1.82, 2.24) is 5.16 Å². The molecule has 0 fully saturated rings. The van der Waals surface area contributed by atoms with Crippen LogP contribution >= 0.6 is 11.3 Å². The number of hydrogen-bond donors (Lipinski definition) is 1. The lowest BCUT2D eigenvalue weighted by atomic mass is 10.1. The van der Waals surface area contributed by atoms with Crippen molar-refractivity contribution in [1.29, 1.82) is 0 Å². The Morgan fingerprint density at radius 3 is 2.93 bits per heavy atom. The van der Waals surface area contributed by atoms with Crippen LogP contribution in [0.25, 0.3) is 0 Å². The molecular formula is C11H14N2OS. The van der Waals surface area contributed by atoms with Crippen LogP contribution in [0.15, 0.2) is 22.0 Å². The zero-order valence-electron chi connectivity index (χ0n) is 8.69. The quantitative estimate of drug-likeness (QED) is 0.865. The molecule has 2 N–H and O–H groups in total. The molecule has 2 heterocycles. The Morgan fingerprint density at radius 1 is 1.47 bits per heavy atom. The van der Waals surface area contributed by atoms with E-state index in [0.29, 0.717) is 5.88 Å². The van der Waals surface area contributed by atoms with E-state index in [9.17, 15) is 0 Å². The second-order valence-electron chi connectivity index (χ2n) is 3.55. The average Bonchev–Trinajstić information content (AvgIpc) is 2.83. The third kappa shape index (κ3) is 2.39. The zero-order valence-corrected chi connectivity index (χ0v) is 9.51. The van der Waals surface area contributed by atoms with E-state index in [1.165, 1.54) is 4.88 Å². The van der Waals surface area contributed by atoms with Crippen molar-refractivity contribution in [3.8, 4) is 0 Å². The highest BCUT2D eigenvalue weighted by molar-refractivity contribution is 7.09. The lowest BCUT2D eigenvalue weighted by Gasteiger charge is -1.96. The molecule has 0 spiro atoms. The second kappa shape index (κ2) is 4.49. The number of nitrogen functional groups attached to an aromatic ring is 1. The van der Waals surface area contributed by atoms with Crippen molar-refractivity contribution in [2.75, 3.05) is 5.73 Å². The molecule has 4 heteroatoms. The summed E-state index contributed by atoms with van der Waals surface area (Å²) in [6.45, 7) is 1.95. The van der Waals surface area contributed by atoms with Crippen LogP contribution in [0.5, 0.6) is 0 Å². The third-order valence-electron chi connectivity index (χ3n) is 2.47. The molecule has 3 nitrogen and oxygen atoms in total. The molecule has 0 saturated heterocycles. The molecule has 0 aliphatic heterocycles. The molecule has 0 aliphatic carbocycles. The monoisotopic (exact) mass is 222 g/mol. The fourth-order valence-corrected chi connectivity index (χ4v) is 2.25. The van der Waals surface area contributed by atoms with Crippen LogP contribution in [0.3, 0.4) is 0 Å². The molecule has 2 rings (SSSR count). The van der Waals surface area contributed by atoms with Crippen molar-refractivity contribution in [3.05, 3.63) is 33.6 Å². The first-order chi connectivity index (χ1) is 7.27. The maximum absolute atomic E-state index is 5.58. The highest BCUT2D eigenvalue weighted by atomic mass is 32.1. The summed E-state index contributed by atoms with van der Waals surface area (Å²) in [7, 11) is 0. The summed E-state index contributed by atoms with van der Waals surface area (Å²) < 4.78 is 4.91. The number of nitrogens with zero attached hydrogens (tertiary/aromatic N) is 1. The van der Waals surface area contributed by atoms with Gasteiger partial charge in [0, 0.05) is 10.4 Å². The van der Waals surface area contributed by atoms with Gasteiger partial charge in [0.25, 0.3) is 0 Å². The first kappa shape index (κ1) is 10.2. The number of rotatable bonds is 4. The summed E-state index contributed by atoms with van der Waals surface area (Å²) >= 11 is 1.80. The average molecular weight is 222 g/mol. The Hall–Kier alpha value is -1.29. The predicted octanol–water partition coefficient (Wildman–Crippen LogP) is 2.80. The van der Waals surface area contributed by atoms with Gasteiger partial charge in [-0.05, 0) is 37.6 Å². The summed E-state index contributed by atoms with van der Waals surface area (Å²) in [6.07, 6.45) is 3.13. The molecule has 0 unspecified atom stereocenters. The summed E-state index contributed by atoms with van der Waals surface area (Å²) in [5.41, 5.74) is 7.56. The van der Waals surface area contributed by atoms with Crippen LogP contribution in [0.4, 0.5) is 5.88 Å². The molecule has 0 aromatic carbocycles. The lowest BCUT2D eigenvalue weighted by molar-refractivity contribution is 0.426. The molecule has 2 aromatic rings. The van der Waals surface area contributed by atoms with E-state index in [4.69, 9.17) is 10.3 Å². The molecule has 0 bridgehead atoms. The Bertz CT molecular complexity index is 420. The summed E-state index contributed by atoms with van der Waals surface area (Å²) in [5.74, 6) is 0.445. The third-order valence-corrected chi connectivity index (χ3v) is 3.41. The molecule has 0 radical (unpaired) electrons. The minimum Gasteiger partial charge on any atom is -0.367 e. The summed E-state index contributed by atoms with van der Waals surface area (Å²) in [4.78, 5) is 1.42. The Morgan fingerprint density at radius 2 is 2.33 bits per heavy atom. The van der Waals surface area contributed by atoms with Crippen molar-refractivity contribution in [2.24, 2.45) is 0 Å². The lowest BCUT2D eigenvalue weighted by Crippen LogP contribution is -1.91. The number of hydrogen-bond acceptors (Lipinski definition) is 4. The standard InChI is InChI=1S/C11H14N2OS/c1-8-10(13-14-11(8)12)6-2-4-9-5-3-7-15-9/h3,5,7H,2,4,6,12H2,1H3. The van der Waals surface area contributed by atoms with Crippen molar-refractivity contribution < 1.29 is 4.52 Å². The van der Waals surface area contributed by atoms with Gasteiger partial charge in [0.05, 0.1) is 5.69 Å². The molecule has 0 saturated carbocycles. The zero-order chi connectivity index (χ0) is 10.7. The second-order valence-corrected chi connectivity index (χ2v) is 4.58.